The Hall–Kier alpha value is -3.00. The van der Waals surface area contributed by atoms with E-state index < -0.39 is 6.10 Å². The zero-order valence-electron chi connectivity index (χ0n) is 19.8. The number of amides is 1. The van der Waals surface area contributed by atoms with Crippen LogP contribution in [0.25, 0.3) is 21.7 Å². The lowest BCUT2D eigenvalue weighted by Crippen LogP contribution is -2.50. The first kappa shape index (κ1) is 23.7. The summed E-state index contributed by atoms with van der Waals surface area (Å²) in [5.41, 5.74) is 1.54. The van der Waals surface area contributed by atoms with Gasteiger partial charge >= 0.3 is 0 Å². The number of anilines is 2. The predicted molar refractivity (Wildman–Crippen MR) is 132 cm³/mol. The molecule has 13 heteroatoms. The molecule has 0 aromatic carbocycles. The summed E-state index contributed by atoms with van der Waals surface area (Å²) >= 11 is 1.56. The number of ether oxygens (including phenoxy) is 1. The van der Waals surface area contributed by atoms with Gasteiger partial charge in [-0.1, -0.05) is 11.3 Å². The molecule has 1 atom stereocenters. The molecule has 2 fully saturated rings. The second kappa shape index (κ2) is 10.3. The number of thiazole rings is 1. The molecule has 2 aliphatic heterocycles. The molecule has 3 aromatic heterocycles. The summed E-state index contributed by atoms with van der Waals surface area (Å²) in [6.07, 6.45) is 2.48. The van der Waals surface area contributed by atoms with Crippen LogP contribution in [0, 0.1) is 0 Å². The molecule has 2 N–H and O–H groups in total. The van der Waals surface area contributed by atoms with Gasteiger partial charge in [-0.15, -0.1) is 0 Å². The molecule has 0 radical (unpaired) electrons. The predicted octanol–water partition coefficient (Wildman–Crippen LogP) is 0.447. The number of nitrogens with zero attached hydrogens (tertiary/aromatic N) is 8. The number of carbonyl (C=O) groups is 1. The number of rotatable bonds is 6. The summed E-state index contributed by atoms with van der Waals surface area (Å²) in [6.45, 7) is 7.63. The van der Waals surface area contributed by atoms with Gasteiger partial charge in [0.1, 0.15) is 21.5 Å². The second-order valence-corrected chi connectivity index (χ2v) is 9.62. The Kier molecular flexibility index (Phi) is 7.00. The number of hydrogen-bond donors (Lipinski definition) is 2. The van der Waals surface area contributed by atoms with Crippen molar-refractivity contribution >= 4 is 39.4 Å². The van der Waals surface area contributed by atoms with Crippen LogP contribution in [-0.2, 0) is 16.1 Å². The van der Waals surface area contributed by atoms with E-state index in [4.69, 9.17) is 19.7 Å². The Labute approximate surface area is 207 Å². The lowest BCUT2D eigenvalue weighted by molar-refractivity contribution is -0.141. The zero-order valence-corrected chi connectivity index (χ0v) is 20.7. The molecule has 35 heavy (non-hydrogen) atoms. The highest BCUT2D eigenvalue weighted by Crippen LogP contribution is 2.31. The van der Waals surface area contributed by atoms with E-state index in [1.54, 1.807) is 35.7 Å². The standard InChI is InChI=1S/C22H29N9O3S/c1-14(32)21(33)31-5-3-29(4-6-31)13-16-26-17-19(30-7-9-34-10-8-30)27-18(28-20(17)35-16)15-11-24-22(23-2)25-12-15/h11-12,14,32H,3-10,13H2,1-2H3,(H,23,24,25). The Bertz CT molecular complexity index is 1170. The number of fused-ring (bicyclic) bond motifs is 1. The van der Waals surface area contributed by atoms with Crippen LogP contribution < -0.4 is 10.2 Å². The molecule has 1 amide bonds. The molecule has 0 spiro atoms. The van der Waals surface area contributed by atoms with Crippen molar-refractivity contribution in [3.8, 4) is 11.4 Å². The molecule has 12 nitrogen and oxygen atoms in total. The molecule has 0 aliphatic carbocycles. The summed E-state index contributed by atoms with van der Waals surface area (Å²) in [7, 11) is 1.78. The van der Waals surface area contributed by atoms with Crippen molar-refractivity contribution in [1.29, 1.82) is 0 Å². The number of aromatic nitrogens is 5. The summed E-state index contributed by atoms with van der Waals surface area (Å²) < 4.78 is 5.54. The van der Waals surface area contributed by atoms with Gasteiger partial charge in [0, 0.05) is 58.7 Å². The first-order valence-corrected chi connectivity index (χ1v) is 12.5. The lowest BCUT2D eigenvalue weighted by atomic mass is 10.2. The lowest BCUT2D eigenvalue weighted by Gasteiger charge is -2.34. The Morgan fingerprint density at radius 2 is 1.83 bits per heavy atom. The summed E-state index contributed by atoms with van der Waals surface area (Å²) in [6, 6.07) is 0. The number of hydrogen-bond acceptors (Lipinski definition) is 12. The molecular formula is C22H29N9O3S. The van der Waals surface area contributed by atoms with Gasteiger partial charge in [0.05, 0.1) is 25.3 Å². The van der Waals surface area contributed by atoms with Crippen LogP contribution in [0.4, 0.5) is 11.8 Å². The van der Waals surface area contributed by atoms with E-state index in [0.29, 0.717) is 44.6 Å². The average molecular weight is 500 g/mol. The molecule has 3 aromatic rings. The summed E-state index contributed by atoms with van der Waals surface area (Å²) in [5, 5.41) is 13.4. The van der Waals surface area contributed by atoms with Crippen molar-refractivity contribution in [1.82, 2.24) is 34.7 Å². The van der Waals surface area contributed by atoms with E-state index in [9.17, 15) is 9.90 Å². The SMILES string of the molecule is CNc1ncc(-c2nc(N3CCOCC3)c3nc(CN4CCN(C(=O)C(C)O)CC4)sc3n2)cn1. The molecular weight excluding hydrogens is 470 g/mol. The molecule has 186 valence electrons. The third-order valence-corrected chi connectivity index (χ3v) is 7.06. The number of aliphatic hydroxyl groups excluding tert-OH is 1. The van der Waals surface area contributed by atoms with Crippen LogP contribution in [-0.4, -0.2) is 111 Å². The van der Waals surface area contributed by atoms with Crippen molar-refractivity contribution in [3.63, 3.8) is 0 Å². The Balaban J connectivity index is 1.41. The van der Waals surface area contributed by atoms with Crippen LogP contribution in [0.15, 0.2) is 12.4 Å². The van der Waals surface area contributed by atoms with Gasteiger partial charge in [-0.2, -0.15) is 0 Å². The summed E-state index contributed by atoms with van der Waals surface area (Å²) in [5.74, 6) is 1.70. The molecule has 5 rings (SSSR count). The fourth-order valence-electron chi connectivity index (χ4n) is 4.20. The minimum absolute atomic E-state index is 0.214. The highest BCUT2D eigenvalue weighted by Gasteiger charge is 2.26. The van der Waals surface area contributed by atoms with Crippen LogP contribution in [0.5, 0.6) is 0 Å². The third-order valence-electron chi connectivity index (χ3n) is 6.13. The fourth-order valence-corrected chi connectivity index (χ4v) is 5.17. The van der Waals surface area contributed by atoms with Crippen molar-refractivity contribution in [3.05, 3.63) is 17.4 Å². The molecule has 2 saturated heterocycles. The normalized spacial score (nSPS) is 18.1. The van der Waals surface area contributed by atoms with Crippen molar-refractivity contribution in [2.45, 2.75) is 19.6 Å². The fraction of sp³-hybridized carbons (Fsp3) is 0.545. The van der Waals surface area contributed by atoms with Gasteiger partial charge in [0.15, 0.2) is 11.6 Å². The highest BCUT2D eigenvalue weighted by atomic mass is 32.1. The smallest absolute Gasteiger partial charge is 0.251 e. The van der Waals surface area contributed by atoms with E-state index in [0.717, 1.165) is 52.9 Å². The van der Waals surface area contributed by atoms with Crippen molar-refractivity contribution < 1.29 is 14.6 Å². The Morgan fingerprint density at radius 1 is 1.11 bits per heavy atom. The first-order chi connectivity index (χ1) is 17.0. The van der Waals surface area contributed by atoms with E-state index in [2.05, 4.69) is 25.1 Å². The van der Waals surface area contributed by atoms with Crippen LogP contribution in [0.3, 0.4) is 0 Å². The first-order valence-electron chi connectivity index (χ1n) is 11.7. The topological polar surface area (TPSA) is 133 Å². The van der Waals surface area contributed by atoms with Crippen LogP contribution in [0.2, 0.25) is 0 Å². The van der Waals surface area contributed by atoms with Crippen molar-refractivity contribution in [2.24, 2.45) is 0 Å². The largest absolute Gasteiger partial charge is 0.384 e. The van der Waals surface area contributed by atoms with Gasteiger partial charge in [0.25, 0.3) is 5.91 Å². The third kappa shape index (κ3) is 5.17. The molecule has 0 saturated carbocycles. The maximum absolute atomic E-state index is 12.1. The number of aliphatic hydroxyl groups is 1. The minimum atomic E-state index is -0.961. The van der Waals surface area contributed by atoms with Gasteiger partial charge in [0.2, 0.25) is 5.95 Å². The van der Waals surface area contributed by atoms with Gasteiger partial charge in [-0.05, 0) is 6.92 Å². The quantitative estimate of drug-likeness (QED) is 0.490. The monoisotopic (exact) mass is 499 g/mol. The molecule has 5 heterocycles. The second-order valence-electron chi connectivity index (χ2n) is 8.55. The van der Waals surface area contributed by atoms with Gasteiger partial charge in [-0.3, -0.25) is 9.69 Å². The number of carbonyl (C=O) groups excluding carboxylic acids is 1. The number of piperazine rings is 1. The molecule has 0 bridgehead atoms. The highest BCUT2D eigenvalue weighted by molar-refractivity contribution is 7.18. The molecule has 2 aliphatic rings. The van der Waals surface area contributed by atoms with E-state index in [1.807, 2.05) is 0 Å². The Morgan fingerprint density at radius 3 is 2.49 bits per heavy atom. The minimum Gasteiger partial charge on any atom is -0.384 e. The van der Waals surface area contributed by atoms with Crippen LogP contribution >= 0.6 is 11.3 Å². The number of nitrogens with one attached hydrogen (secondary N) is 1. The van der Waals surface area contributed by atoms with E-state index in [1.165, 1.54) is 6.92 Å². The molecule has 1 unspecified atom stereocenters. The maximum atomic E-state index is 12.1. The van der Waals surface area contributed by atoms with E-state index >= 15 is 0 Å². The van der Waals surface area contributed by atoms with Gasteiger partial charge in [-0.25, -0.2) is 24.9 Å². The van der Waals surface area contributed by atoms with E-state index in [-0.39, 0.29) is 5.91 Å². The number of morpholine rings is 1. The van der Waals surface area contributed by atoms with Gasteiger partial charge < -0.3 is 25.0 Å². The van der Waals surface area contributed by atoms with Crippen molar-refractivity contribution in [2.75, 3.05) is 69.7 Å². The summed E-state index contributed by atoms with van der Waals surface area (Å²) in [4.78, 5) is 42.3. The maximum Gasteiger partial charge on any atom is 0.251 e. The van der Waals surface area contributed by atoms with Crippen LogP contribution in [0.1, 0.15) is 11.9 Å². The average Bonchev–Trinajstić information content (AvgIpc) is 3.31. The zero-order chi connectivity index (χ0) is 24.4.